The van der Waals surface area contributed by atoms with Crippen LogP contribution in [0.3, 0.4) is 0 Å². The monoisotopic (exact) mass is 728 g/mol. The minimum atomic E-state index is -1.01. The van der Waals surface area contributed by atoms with E-state index in [9.17, 15) is 19.2 Å². The van der Waals surface area contributed by atoms with Gasteiger partial charge in [-0.25, -0.2) is 14.4 Å². The number of likely N-dealkylation sites (tertiary alicyclic amines) is 1. The number of hydrogen-bond acceptors (Lipinski definition) is 9. The Hall–Kier alpha value is -4.20. The van der Waals surface area contributed by atoms with Crippen LogP contribution in [0.1, 0.15) is 95.4 Å². The van der Waals surface area contributed by atoms with Gasteiger partial charge in [0.1, 0.15) is 11.2 Å². The van der Waals surface area contributed by atoms with Crippen LogP contribution in [0, 0.1) is 0 Å². The van der Waals surface area contributed by atoms with Crippen molar-refractivity contribution in [1.82, 2.24) is 20.0 Å². The first-order valence-corrected chi connectivity index (χ1v) is 17.5. The first kappa shape index (κ1) is 45.8. The molecular formula is C39H64N6O7. The number of amides is 3. The number of nitrogens with zero attached hydrogens (tertiary/aromatic N) is 3. The molecule has 2 saturated heterocycles. The number of carboxylic acids is 1. The second kappa shape index (κ2) is 21.4. The summed E-state index contributed by atoms with van der Waals surface area (Å²) >= 11 is 0. The number of hydrogen-bond donors (Lipinski definition) is 4. The van der Waals surface area contributed by atoms with Crippen molar-refractivity contribution in [3.05, 3.63) is 59.7 Å². The molecule has 0 saturated carbocycles. The fourth-order valence-corrected chi connectivity index (χ4v) is 5.33. The number of ether oxygens (including phenoxy) is 2. The molecule has 292 valence electrons. The van der Waals surface area contributed by atoms with Crippen LogP contribution in [0.15, 0.2) is 48.5 Å². The molecule has 2 heterocycles. The standard InChI is InChI=1S/C19H29N3O3.C12H15NO4.C7H16N2.CH4/c1-19(2,3)25-18(24)20-15-8-6-14(7-9-15)17(23)22-12-10-16(11-13-22)21(4)5;1-12(2,3)17-11(16)13-9-6-4-8(5-7-9)10(14)15;1-9(2)7-3-5-8-6-4-7;/h6-9,16H,10-13H2,1-5H3,(H,20,24);4-7H,1-3H3,(H,13,16)(H,14,15);7-8H,3-6H2,1-2H3;1H4. The van der Waals surface area contributed by atoms with E-state index in [1.165, 1.54) is 50.2 Å². The van der Waals surface area contributed by atoms with Crippen molar-refractivity contribution in [1.29, 1.82) is 0 Å². The van der Waals surface area contributed by atoms with Gasteiger partial charge in [0.2, 0.25) is 0 Å². The molecule has 0 atom stereocenters. The molecule has 0 bridgehead atoms. The Kier molecular flexibility index (Phi) is 18.8. The lowest BCUT2D eigenvalue weighted by atomic mass is 10.0. The fourth-order valence-electron chi connectivity index (χ4n) is 5.33. The van der Waals surface area contributed by atoms with Crippen LogP contribution in [0.2, 0.25) is 0 Å². The summed E-state index contributed by atoms with van der Waals surface area (Å²) in [5.74, 6) is -0.963. The largest absolute Gasteiger partial charge is 0.478 e. The van der Waals surface area contributed by atoms with Crippen LogP contribution in [0.4, 0.5) is 21.0 Å². The maximum atomic E-state index is 12.6. The van der Waals surface area contributed by atoms with Gasteiger partial charge in [0, 0.05) is 42.1 Å². The van der Waals surface area contributed by atoms with E-state index in [0.29, 0.717) is 23.0 Å². The van der Waals surface area contributed by atoms with E-state index >= 15 is 0 Å². The summed E-state index contributed by atoms with van der Waals surface area (Å²) in [6, 6.07) is 14.1. The number of carbonyl (C=O) groups is 4. The third kappa shape index (κ3) is 17.8. The number of benzene rings is 2. The lowest BCUT2D eigenvalue weighted by molar-refractivity contribution is 0.0624. The highest BCUT2D eigenvalue weighted by atomic mass is 16.6. The van der Waals surface area contributed by atoms with Crippen LogP contribution >= 0.6 is 0 Å². The number of rotatable bonds is 6. The average molecular weight is 729 g/mol. The Morgan fingerprint density at radius 3 is 1.37 bits per heavy atom. The van der Waals surface area contributed by atoms with Crippen molar-refractivity contribution in [2.45, 2.75) is 97.9 Å². The van der Waals surface area contributed by atoms with Crippen LogP contribution in [0.5, 0.6) is 0 Å². The van der Waals surface area contributed by atoms with Crippen LogP contribution in [-0.4, -0.2) is 122 Å². The SMILES string of the molecule is C.CC(C)(C)OC(=O)Nc1ccc(C(=O)O)cc1.CN(C)C1CCN(C(=O)c2ccc(NC(=O)OC(C)(C)C)cc2)CC1.CN(C)C1CCNCC1. The van der Waals surface area contributed by atoms with Crippen molar-refractivity contribution < 1.29 is 33.8 Å². The number of nitrogens with one attached hydrogen (secondary N) is 3. The summed E-state index contributed by atoms with van der Waals surface area (Å²) in [6.45, 7) is 14.7. The second-order valence-corrected chi connectivity index (χ2v) is 15.1. The van der Waals surface area contributed by atoms with Gasteiger partial charge in [-0.1, -0.05) is 7.43 Å². The highest BCUT2D eigenvalue weighted by Gasteiger charge is 2.25. The summed E-state index contributed by atoms with van der Waals surface area (Å²) in [6.07, 6.45) is 3.55. The Morgan fingerprint density at radius 1 is 0.673 bits per heavy atom. The van der Waals surface area contributed by atoms with E-state index in [4.69, 9.17) is 14.6 Å². The summed E-state index contributed by atoms with van der Waals surface area (Å²) in [5, 5.41) is 17.2. The predicted octanol–water partition coefficient (Wildman–Crippen LogP) is 6.87. The molecule has 4 rings (SSSR count). The number of carbonyl (C=O) groups excluding carboxylic acids is 3. The molecule has 2 aliphatic rings. The van der Waals surface area contributed by atoms with Gasteiger partial charge in [0.15, 0.2) is 0 Å². The molecule has 2 aromatic carbocycles. The maximum absolute atomic E-state index is 12.6. The van der Waals surface area contributed by atoms with Crippen molar-refractivity contribution in [3.63, 3.8) is 0 Å². The molecule has 0 radical (unpaired) electrons. The van der Waals surface area contributed by atoms with Gasteiger partial charge in [-0.05, 0) is 157 Å². The third-order valence-corrected chi connectivity index (χ3v) is 8.08. The number of piperidine rings is 2. The van der Waals surface area contributed by atoms with Crippen LogP contribution < -0.4 is 16.0 Å². The van der Waals surface area contributed by atoms with Crippen LogP contribution in [0.25, 0.3) is 0 Å². The van der Waals surface area contributed by atoms with Crippen molar-refractivity contribution in [2.75, 3.05) is 65.0 Å². The maximum Gasteiger partial charge on any atom is 0.412 e. The topological polar surface area (TPSA) is 153 Å². The Labute approximate surface area is 311 Å². The van der Waals surface area contributed by atoms with Gasteiger partial charge in [-0.2, -0.15) is 0 Å². The molecule has 2 aromatic rings. The van der Waals surface area contributed by atoms with E-state index in [1.54, 1.807) is 45.0 Å². The van der Waals surface area contributed by atoms with Crippen molar-refractivity contribution in [3.8, 4) is 0 Å². The zero-order valence-electron chi connectivity index (χ0n) is 32.2. The Morgan fingerprint density at radius 2 is 1.04 bits per heavy atom. The zero-order chi connectivity index (χ0) is 38.4. The third-order valence-electron chi connectivity index (χ3n) is 8.08. The molecule has 0 aromatic heterocycles. The molecule has 0 aliphatic carbocycles. The lowest BCUT2D eigenvalue weighted by Gasteiger charge is -2.35. The first-order valence-electron chi connectivity index (χ1n) is 17.5. The Bertz CT molecular complexity index is 1390. The minimum absolute atomic E-state index is 0. The smallest absolute Gasteiger partial charge is 0.412 e. The Balaban J connectivity index is 0.000000431. The number of anilines is 2. The van der Waals surface area contributed by atoms with Gasteiger partial charge in [-0.15, -0.1) is 0 Å². The minimum Gasteiger partial charge on any atom is -0.478 e. The molecule has 4 N–H and O–H groups in total. The molecule has 13 heteroatoms. The molecule has 0 unspecified atom stereocenters. The van der Waals surface area contributed by atoms with E-state index in [-0.39, 0.29) is 18.9 Å². The van der Waals surface area contributed by atoms with Crippen molar-refractivity contribution in [2.24, 2.45) is 0 Å². The normalized spacial score (nSPS) is 15.2. The van der Waals surface area contributed by atoms with Gasteiger partial charge < -0.3 is 34.6 Å². The van der Waals surface area contributed by atoms with E-state index in [0.717, 1.165) is 32.0 Å². The fraction of sp³-hybridized carbons (Fsp3) is 0.590. The van der Waals surface area contributed by atoms with E-state index in [1.807, 2.05) is 25.7 Å². The van der Waals surface area contributed by atoms with E-state index < -0.39 is 29.4 Å². The zero-order valence-corrected chi connectivity index (χ0v) is 32.2. The highest BCUT2D eigenvalue weighted by Crippen LogP contribution is 2.19. The van der Waals surface area contributed by atoms with Gasteiger partial charge in [0.05, 0.1) is 5.56 Å². The molecule has 0 spiro atoms. The van der Waals surface area contributed by atoms with Gasteiger partial charge >= 0.3 is 18.2 Å². The predicted molar refractivity (Wildman–Crippen MR) is 208 cm³/mol. The molecule has 13 nitrogen and oxygen atoms in total. The summed E-state index contributed by atoms with van der Waals surface area (Å²) in [7, 11) is 8.49. The van der Waals surface area contributed by atoms with Gasteiger partial charge in [0.25, 0.3) is 5.91 Å². The lowest BCUT2D eigenvalue weighted by Crippen LogP contribution is -2.44. The van der Waals surface area contributed by atoms with Crippen LogP contribution in [-0.2, 0) is 9.47 Å². The second-order valence-electron chi connectivity index (χ2n) is 15.1. The number of carboxylic acid groups (broad SMARTS) is 1. The molecular weight excluding hydrogens is 664 g/mol. The number of aromatic carboxylic acids is 1. The molecule has 2 fully saturated rings. The average Bonchev–Trinajstić information content (AvgIpc) is 3.04. The van der Waals surface area contributed by atoms with E-state index in [2.05, 4.69) is 53.9 Å². The summed E-state index contributed by atoms with van der Waals surface area (Å²) < 4.78 is 10.3. The summed E-state index contributed by atoms with van der Waals surface area (Å²) in [4.78, 5) is 52.8. The summed E-state index contributed by atoms with van der Waals surface area (Å²) in [5.41, 5.74) is 0.795. The molecule has 3 amide bonds. The van der Waals surface area contributed by atoms with Crippen molar-refractivity contribution >= 4 is 35.4 Å². The first-order chi connectivity index (χ1) is 23.7. The quantitative estimate of drug-likeness (QED) is 0.248. The van der Waals surface area contributed by atoms with Gasteiger partial charge in [-0.3, -0.25) is 15.4 Å². The highest BCUT2D eigenvalue weighted by molar-refractivity contribution is 5.95. The molecule has 2 aliphatic heterocycles. The molecule has 52 heavy (non-hydrogen) atoms.